The van der Waals surface area contributed by atoms with Crippen molar-refractivity contribution in [1.29, 1.82) is 0 Å². The number of nitrogens with zero attached hydrogens (tertiary/aromatic N) is 2. The van der Waals surface area contributed by atoms with Crippen LogP contribution in [0.1, 0.15) is 30.5 Å². The van der Waals surface area contributed by atoms with Crippen molar-refractivity contribution >= 4 is 23.2 Å². The number of hydrogen-bond donors (Lipinski definition) is 0. The van der Waals surface area contributed by atoms with Gasteiger partial charge in [-0.2, -0.15) is 0 Å². The molecule has 0 spiro atoms. The Morgan fingerprint density at radius 2 is 1.62 bits per heavy atom. The first kappa shape index (κ1) is 27.2. The Kier molecular flexibility index (Phi) is 9.99. The topological polar surface area (TPSA) is 15.6 Å². The highest BCUT2D eigenvalue weighted by Gasteiger charge is 2.21. The lowest BCUT2D eigenvalue weighted by Crippen LogP contribution is -2.23. The third-order valence-corrected chi connectivity index (χ3v) is 6.00. The molecule has 0 amide bonds. The van der Waals surface area contributed by atoms with Gasteiger partial charge in [0.1, 0.15) is 0 Å². The number of aryl methyl sites for hydroxylation is 1. The second kappa shape index (κ2) is 13.6. The van der Waals surface area contributed by atoms with Crippen molar-refractivity contribution in [3.63, 3.8) is 0 Å². The summed E-state index contributed by atoms with van der Waals surface area (Å²) < 4.78 is 0. The van der Waals surface area contributed by atoms with Gasteiger partial charge in [0.15, 0.2) is 0 Å². The molecular weight excluding hydrogens is 448 g/mol. The van der Waals surface area contributed by atoms with Gasteiger partial charge in [0.25, 0.3) is 0 Å². The second-order valence-corrected chi connectivity index (χ2v) is 8.67. The smallest absolute Gasteiger partial charge is 0.0937 e. The zero-order chi connectivity index (χ0) is 26.6. The van der Waals surface area contributed by atoms with Gasteiger partial charge >= 0.3 is 0 Å². The standard InChI is InChI=1S/C35H36N2/c1-7-11-17-29(10-4)35(34(36-6)30-18-13-12-14-19-30)37(33(15-8-2)16-9-3)26-28-21-23-31-24-27(5)20-22-32(31)25-28/h7-25H,2,4,6,26H2,1,3,5H3/b11-7-,16-9-,29-17+,33-15+,35-34-. The van der Waals surface area contributed by atoms with Gasteiger partial charge in [0, 0.05) is 17.8 Å². The highest BCUT2D eigenvalue weighted by atomic mass is 15.2. The summed E-state index contributed by atoms with van der Waals surface area (Å²) in [7, 11) is 0. The molecule has 186 valence electrons. The van der Waals surface area contributed by atoms with E-state index in [2.05, 4.69) is 97.4 Å². The molecule has 0 heterocycles. The van der Waals surface area contributed by atoms with E-state index < -0.39 is 0 Å². The molecule has 0 radical (unpaired) electrons. The number of rotatable bonds is 11. The number of allylic oxidation sites excluding steroid dienone is 8. The summed E-state index contributed by atoms with van der Waals surface area (Å²) in [5.41, 5.74) is 7.06. The van der Waals surface area contributed by atoms with Crippen LogP contribution in [0.15, 0.2) is 150 Å². The van der Waals surface area contributed by atoms with E-state index in [1.807, 2.05) is 68.5 Å². The average molecular weight is 485 g/mol. The monoisotopic (exact) mass is 484 g/mol. The van der Waals surface area contributed by atoms with Crippen LogP contribution >= 0.6 is 0 Å². The molecule has 0 aromatic heterocycles. The van der Waals surface area contributed by atoms with Crippen molar-refractivity contribution in [3.05, 3.63) is 162 Å². The normalized spacial score (nSPS) is 13.2. The lowest BCUT2D eigenvalue weighted by atomic mass is 10.0. The minimum absolute atomic E-state index is 0.621. The van der Waals surface area contributed by atoms with Gasteiger partial charge in [-0.3, -0.25) is 4.99 Å². The Balaban J connectivity index is 2.34. The van der Waals surface area contributed by atoms with Crippen LogP contribution in [-0.4, -0.2) is 11.6 Å². The van der Waals surface area contributed by atoms with Crippen LogP contribution in [-0.2, 0) is 6.54 Å². The molecule has 0 fully saturated rings. The van der Waals surface area contributed by atoms with E-state index in [4.69, 9.17) is 0 Å². The number of hydrogen-bond acceptors (Lipinski definition) is 2. The van der Waals surface area contributed by atoms with Gasteiger partial charge in [-0.25, -0.2) is 0 Å². The first-order valence-electron chi connectivity index (χ1n) is 12.5. The fourth-order valence-electron chi connectivity index (χ4n) is 4.28. The summed E-state index contributed by atoms with van der Waals surface area (Å²) in [6, 6.07) is 23.4. The molecule has 0 bridgehead atoms. The Bertz CT molecular complexity index is 1410. The predicted octanol–water partition coefficient (Wildman–Crippen LogP) is 9.35. The van der Waals surface area contributed by atoms with E-state index in [1.165, 1.54) is 21.9 Å². The average Bonchev–Trinajstić information content (AvgIpc) is 2.92. The number of aliphatic imine (C=N–C) groups is 1. The summed E-state index contributed by atoms with van der Waals surface area (Å²) in [6.45, 7) is 18.9. The van der Waals surface area contributed by atoms with E-state index in [9.17, 15) is 0 Å². The lowest BCUT2D eigenvalue weighted by molar-refractivity contribution is 0.444. The van der Waals surface area contributed by atoms with Gasteiger partial charge in [-0.05, 0) is 67.6 Å². The highest BCUT2D eigenvalue weighted by molar-refractivity contribution is 5.84. The van der Waals surface area contributed by atoms with Crippen LogP contribution < -0.4 is 0 Å². The van der Waals surface area contributed by atoms with Crippen LogP contribution in [0, 0.1) is 6.92 Å². The quantitative estimate of drug-likeness (QED) is 0.195. The molecular formula is C35H36N2. The summed E-state index contributed by atoms with van der Waals surface area (Å²) in [5, 5.41) is 2.45. The van der Waals surface area contributed by atoms with Gasteiger partial charge in [-0.1, -0.05) is 116 Å². The zero-order valence-corrected chi connectivity index (χ0v) is 22.2. The van der Waals surface area contributed by atoms with Crippen LogP contribution in [0.4, 0.5) is 0 Å². The SMILES string of the molecule is C=C/C=C(\C=C/C)N(Cc1ccc2cc(C)ccc2c1)C(=C(\N=C)c1ccccc1)/C(C=C)=C/C=C\C. The van der Waals surface area contributed by atoms with Crippen molar-refractivity contribution in [1.82, 2.24) is 4.90 Å². The summed E-state index contributed by atoms with van der Waals surface area (Å²) >= 11 is 0. The summed E-state index contributed by atoms with van der Waals surface area (Å²) in [4.78, 5) is 6.83. The van der Waals surface area contributed by atoms with E-state index in [-0.39, 0.29) is 0 Å². The second-order valence-electron chi connectivity index (χ2n) is 8.67. The lowest BCUT2D eigenvalue weighted by Gasteiger charge is -2.31. The maximum Gasteiger partial charge on any atom is 0.0937 e. The van der Waals surface area contributed by atoms with Crippen LogP contribution in [0.25, 0.3) is 16.5 Å². The molecule has 0 unspecified atom stereocenters. The van der Waals surface area contributed by atoms with Gasteiger partial charge in [0.05, 0.1) is 11.4 Å². The van der Waals surface area contributed by atoms with Gasteiger partial charge in [-0.15, -0.1) is 0 Å². The summed E-state index contributed by atoms with van der Waals surface area (Å²) in [5.74, 6) is 0. The van der Waals surface area contributed by atoms with Gasteiger partial charge in [0.2, 0.25) is 0 Å². The van der Waals surface area contributed by atoms with Crippen molar-refractivity contribution in [2.45, 2.75) is 27.3 Å². The van der Waals surface area contributed by atoms with E-state index >= 15 is 0 Å². The van der Waals surface area contributed by atoms with E-state index in [0.29, 0.717) is 6.54 Å². The van der Waals surface area contributed by atoms with Crippen LogP contribution in [0.2, 0.25) is 0 Å². The molecule has 37 heavy (non-hydrogen) atoms. The number of benzene rings is 3. The van der Waals surface area contributed by atoms with Crippen molar-refractivity contribution < 1.29 is 0 Å². The molecule has 3 aromatic carbocycles. The fourth-order valence-corrected chi connectivity index (χ4v) is 4.28. The molecule has 0 aliphatic rings. The largest absolute Gasteiger partial charge is 0.335 e. The first-order chi connectivity index (χ1) is 18.1. The van der Waals surface area contributed by atoms with Crippen molar-refractivity contribution in [3.8, 4) is 0 Å². The molecule has 0 saturated heterocycles. The van der Waals surface area contributed by atoms with Crippen molar-refractivity contribution in [2.24, 2.45) is 4.99 Å². The number of fused-ring (bicyclic) bond motifs is 1. The third-order valence-electron chi connectivity index (χ3n) is 6.00. The molecule has 2 nitrogen and oxygen atoms in total. The molecule has 0 atom stereocenters. The maximum absolute atomic E-state index is 4.56. The molecule has 0 saturated carbocycles. The van der Waals surface area contributed by atoms with Crippen molar-refractivity contribution in [2.75, 3.05) is 0 Å². The minimum atomic E-state index is 0.621. The Morgan fingerprint density at radius 1 is 0.892 bits per heavy atom. The predicted molar refractivity (Wildman–Crippen MR) is 163 cm³/mol. The Morgan fingerprint density at radius 3 is 2.27 bits per heavy atom. The highest BCUT2D eigenvalue weighted by Crippen LogP contribution is 2.33. The molecule has 3 aromatic rings. The first-order valence-corrected chi connectivity index (χ1v) is 12.5. The fraction of sp³-hybridized carbons (Fsp3) is 0.114. The third kappa shape index (κ3) is 6.83. The van der Waals surface area contributed by atoms with Gasteiger partial charge < -0.3 is 4.90 Å². The molecule has 0 aliphatic heterocycles. The Labute approximate surface area is 222 Å². The van der Waals surface area contributed by atoms with E-state index in [1.54, 1.807) is 0 Å². The van der Waals surface area contributed by atoms with E-state index in [0.717, 1.165) is 28.2 Å². The molecule has 0 aliphatic carbocycles. The minimum Gasteiger partial charge on any atom is -0.335 e. The van der Waals surface area contributed by atoms with Crippen LogP contribution in [0.3, 0.4) is 0 Å². The maximum atomic E-state index is 4.56. The Hall–Kier alpha value is -4.43. The summed E-state index contributed by atoms with van der Waals surface area (Å²) in [6.07, 6.45) is 15.9. The molecule has 2 heteroatoms. The zero-order valence-electron chi connectivity index (χ0n) is 22.2. The molecule has 0 N–H and O–H groups in total. The molecule has 3 rings (SSSR count). The van der Waals surface area contributed by atoms with Crippen LogP contribution in [0.5, 0.6) is 0 Å².